The topological polar surface area (TPSA) is 55.2 Å². The second-order valence-corrected chi connectivity index (χ2v) is 6.38. The van der Waals surface area contributed by atoms with Gasteiger partial charge in [0.2, 0.25) is 0 Å². The van der Waals surface area contributed by atoms with Crippen molar-refractivity contribution in [2.75, 3.05) is 13.7 Å². The van der Waals surface area contributed by atoms with Crippen LogP contribution in [0.1, 0.15) is 23.6 Å². The molecule has 5 nitrogen and oxygen atoms in total. The number of amidine groups is 1. The van der Waals surface area contributed by atoms with Gasteiger partial charge in [-0.25, -0.2) is 9.38 Å². The number of fused-ring (bicyclic) bond motifs is 1. The minimum absolute atomic E-state index is 0.298. The Bertz CT molecular complexity index is 1070. The Morgan fingerprint density at radius 2 is 1.59 bits per heavy atom. The summed E-state index contributed by atoms with van der Waals surface area (Å²) in [6.45, 7) is 2.56. The molecule has 0 unspecified atom stereocenters. The molecule has 0 bridgehead atoms. The van der Waals surface area contributed by atoms with Gasteiger partial charge in [-0.2, -0.15) is 5.10 Å². The highest BCUT2D eigenvalue weighted by atomic mass is 19.1. The second kappa shape index (κ2) is 8.14. The third-order valence-electron chi connectivity index (χ3n) is 4.52. The molecule has 0 saturated carbocycles. The highest BCUT2D eigenvalue weighted by molar-refractivity contribution is 6.18. The molecule has 4 rings (SSSR count). The quantitative estimate of drug-likeness (QED) is 0.690. The van der Waals surface area contributed by atoms with Crippen molar-refractivity contribution in [3.05, 3.63) is 89.2 Å². The number of benzene rings is 3. The molecule has 29 heavy (non-hydrogen) atoms. The highest BCUT2D eigenvalue weighted by Gasteiger charge is 2.18. The van der Waals surface area contributed by atoms with E-state index in [-0.39, 0.29) is 5.82 Å². The summed E-state index contributed by atoms with van der Waals surface area (Å²) in [6.07, 6.45) is 0. The number of nitrogens with one attached hydrogen (secondary N) is 1. The Balaban J connectivity index is 1.79. The molecule has 0 aromatic heterocycles. The number of rotatable bonds is 5. The maximum absolute atomic E-state index is 13.4. The van der Waals surface area contributed by atoms with Gasteiger partial charge in [0.1, 0.15) is 23.0 Å². The molecule has 0 fully saturated rings. The van der Waals surface area contributed by atoms with Gasteiger partial charge < -0.3 is 9.47 Å². The van der Waals surface area contributed by atoms with E-state index in [9.17, 15) is 4.39 Å². The van der Waals surface area contributed by atoms with E-state index in [0.717, 1.165) is 28.1 Å². The monoisotopic (exact) mass is 389 g/mol. The summed E-state index contributed by atoms with van der Waals surface area (Å²) in [6, 6.07) is 19.5. The Morgan fingerprint density at radius 3 is 2.28 bits per heavy atom. The summed E-state index contributed by atoms with van der Waals surface area (Å²) < 4.78 is 24.3. The number of halogens is 1. The summed E-state index contributed by atoms with van der Waals surface area (Å²) in [5.74, 6) is 1.80. The lowest BCUT2D eigenvalue weighted by atomic mass is 10.0. The zero-order valence-corrected chi connectivity index (χ0v) is 16.1. The number of methoxy groups -OCH3 is 1. The third kappa shape index (κ3) is 3.96. The molecule has 0 atom stereocenters. The second-order valence-electron chi connectivity index (χ2n) is 6.38. The number of ether oxygens (including phenoxy) is 2. The van der Waals surface area contributed by atoms with Crippen molar-refractivity contribution in [1.29, 1.82) is 0 Å². The molecule has 1 N–H and O–H groups in total. The van der Waals surface area contributed by atoms with Gasteiger partial charge in [-0.1, -0.05) is 0 Å². The van der Waals surface area contributed by atoms with Gasteiger partial charge in [-0.05, 0) is 73.7 Å². The number of hydrazone groups is 1. The van der Waals surface area contributed by atoms with E-state index >= 15 is 0 Å². The van der Waals surface area contributed by atoms with E-state index in [0.29, 0.717) is 23.9 Å². The molecule has 0 spiro atoms. The van der Waals surface area contributed by atoms with E-state index in [4.69, 9.17) is 14.5 Å². The van der Waals surface area contributed by atoms with E-state index in [1.165, 1.54) is 12.1 Å². The number of aliphatic imine (C=N–C) groups is 1. The van der Waals surface area contributed by atoms with Gasteiger partial charge in [-0.15, -0.1) is 0 Å². The van der Waals surface area contributed by atoms with Crippen molar-refractivity contribution < 1.29 is 13.9 Å². The lowest BCUT2D eigenvalue weighted by Crippen LogP contribution is -2.19. The van der Waals surface area contributed by atoms with Crippen molar-refractivity contribution in [3.63, 3.8) is 0 Å². The largest absolute Gasteiger partial charge is 0.497 e. The molecule has 0 saturated heterocycles. The van der Waals surface area contributed by atoms with Gasteiger partial charge in [-0.3, -0.25) is 5.43 Å². The minimum Gasteiger partial charge on any atom is -0.497 e. The van der Waals surface area contributed by atoms with Crippen molar-refractivity contribution in [2.24, 2.45) is 10.1 Å². The molecule has 1 aliphatic heterocycles. The Kier molecular flexibility index (Phi) is 5.24. The summed E-state index contributed by atoms with van der Waals surface area (Å²) in [4.78, 5) is 4.77. The van der Waals surface area contributed by atoms with Crippen LogP contribution < -0.4 is 14.9 Å². The standard InChI is InChI=1S/C23H20FN3O2/c1-3-29-18-10-6-16(7-11-18)23-25-21-13-12-19(28-2)14-20(21)22(26-27-23)15-4-8-17(24)9-5-15/h4-14H,3H2,1-2H3,(H,25,27). The minimum atomic E-state index is -0.298. The van der Waals surface area contributed by atoms with Crippen LogP contribution in [0.2, 0.25) is 0 Å². The molecular formula is C23H20FN3O2. The van der Waals surface area contributed by atoms with Crippen LogP contribution in [0.3, 0.4) is 0 Å². The molecule has 3 aromatic carbocycles. The zero-order chi connectivity index (χ0) is 20.2. The van der Waals surface area contributed by atoms with Crippen LogP contribution in [0.5, 0.6) is 11.5 Å². The first-order chi connectivity index (χ1) is 14.2. The van der Waals surface area contributed by atoms with Crippen molar-refractivity contribution in [3.8, 4) is 11.5 Å². The molecule has 1 aliphatic rings. The molecule has 3 aromatic rings. The first kappa shape index (κ1) is 18.7. The van der Waals surface area contributed by atoms with Crippen molar-refractivity contribution in [2.45, 2.75) is 6.92 Å². The number of nitrogens with zero attached hydrogens (tertiary/aromatic N) is 2. The fourth-order valence-corrected chi connectivity index (χ4v) is 3.08. The highest BCUT2D eigenvalue weighted by Crippen LogP contribution is 2.29. The Hall–Kier alpha value is -3.67. The molecule has 146 valence electrons. The Morgan fingerprint density at radius 1 is 0.897 bits per heavy atom. The summed E-state index contributed by atoms with van der Waals surface area (Å²) in [5, 5.41) is 4.58. The van der Waals surface area contributed by atoms with E-state index in [1.807, 2.05) is 49.4 Å². The van der Waals surface area contributed by atoms with Crippen molar-refractivity contribution in [1.82, 2.24) is 5.43 Å². The SMILES string of the molecule is CCOc1ccc(C2=Nc3ccc(OC)cc3C(c3ccc(F)cc3)=NN2)cc1. The van der Waals surface area contributed by atoms with E-state index < -0.39 is 0 Å². The van der Waals surface area contributed by atoms with Crippen LogP contribution in [-0.2, 0) is 0 Å². The van der Waals surface area contributed by atoms with E-state index in [2.05, 4.69) is 10.5 Å². The fraction of sp³-hybridized carbons (Fsp3) is 0.130. The van der Waals surface area contributed by atoms with Gasteiger partial charge in [0.15, 0.2) is 5.84 Å². The molecule has 1 heterocycles. The predicted molar refractivity (Wildman–Crippen MR) is 112 cm³/mol. The maximum atomic E-state index is 13.4. The first-order valence-corrected chi connectivity index (χ1v) is 9.28. The lowest BCUT2D eigenvalue weighted by molar-refractivity contribution is 0.340. The third-order valence-corrected chi connectivity index (χ3v) is 4.52. The smallest absolute Gasteiger partial charge is 0.154 e. The summed E-state index contributed by atoms with van der Waals surface area (Å²) in [5.41, 5.74) is 6.90. The van der Waals surface area contributed by atoms with Crippen LogP contribution in [0.4, 0.5) is 10.1 Å². The van der Waals surface area contributed by atoms with Crippen LogP contribution in [0, 0.1) is 5.82 Å². The predicted octanol–water partition coefficient (Wildman–Crippen LogP) is 4.67. The van der Waals surface area contributed by atoms with Crippen LogP contribution >= 0.6 is 0 Å². The maximum Gasteiger partial charge on any atom is 0.154 e. The molecule has 0 amide bonds. The molecule has 6 heteroatoms. The van der Waals surface area contributed by atoms with E-state index in [1.54, 1.807) is 19.2 Å². The molecular weight excluding hydrogens is 369 g/mol. The van der Waals surface area contributed by atoms with Crippen LogP contribution in [-0.4, -0.2) is 25.3 Å². The van der Waals surface area contributed by atoms with Gasteiger partial charge >= 0.3 is 0 Å². The summed E-state index contributed by atoms with van der Waals surface area (Å²) in [7, 11) is 1.61. The van der Waals surface area contributed by atoms with Gasteiger partial charge in [0.25, 0.3) is 0 Å². The summed E-state index contributed by atoms with van der Waals surface area (Å²) >= 11 is 0. The van der Waals surface area contributed by atoms with Gasteiger partial charge in [0.05, 0.1) is 19.4 Å². The normalized spacial score (nSPS) is 12.8. The molecule has 0 radical (unpaired) electrons. The van der Waals surface area contributed by atoms with Crippen molar-refractivity contribution >= 4 is 17.2 Å². The van der Waals surface area contributed by atoms with Crippen LogP contribution in [0.15, 0.2) is 76.8 Å². The fourth-order valence-electron chi connectivity index (χ4n) is 3.08. The zero-order valence-electron chi connectivity index (χ0n) is 16.1. The van der Waals surface area contributed by atoms with Crippen LogP contribution in [0.25, 0.3) is 0 Å². The number of hydrogen-bond acceptors (Lipinski definition) is 5. The lowest BCUT2D eigenvalue weighted by Gasteiger charge is -2.09. The first-order valence-electron chi connectivity index (χ1n) is 9.28. The average molecular weight is 389 g/mol. The number of hydrogen-bond donors (Lipinski definition) is 1. The average Bonchev–Trinajstić information content (AvgIpc) is 2.94. The molecule has 0 aliphatic carbocycles. The van der Waals surface area contributed by atoms with Gasteiger partial charge in [0, 0.05) is 16.7 Å². The Labute approximate surface area is 168 Å².